The second-order valence-electron chi connectivity index (χ2n) is 14.8. The van der Waals surface area contributed by atoms with E-state index in [1.807, 2.05) is 39.8 Å². The van der Waals surface area contributed by atoms with Crippen LogP contribution in [0, 0.1) is 11.8 Å². The minimum absolute atomic E-state index is 0.0258. The van der Waals surface area contributed by atoms with Crippen molar-refractivity contribution in [3.8, 4) is 0 Å². The van der Waals surface area contributed by atoms with Gasteiger partial charge < -0.3 is 14.3 Å². The number of hydroxylamine groups is 2. The number of nitrogens with zero attached hydrogens (tertiary/aromatic N) is 1. The van der Waals surface area contributed by atoms with Crippen molar-refractivity contribution in [1.29, 1.82) is 0 Å². The Hall–Kier alpha value is -0.733. The van der Waals surface area contributed by atoms with E-state index in [1.54, 1.807) is 0 Å². The lowest BCUT2D eigenvalue weighted by atomic mass is 9.82. The molecule has 0 aromatic carbocycles. The van der Waals surface area contributed by atoms with Crippen molar-refractivity contribution < 1.29 is 23.9 Å². The number of esters is 1. The van der Waals surface area contributed by atoms with Gasteiger partial charge in [-0.2, -0.15) is 5.06 Å². The van der Waals surface area contributed by atoms with Crippen LogP contribution in [0.25, 0.3) is 0 Å². The van der Waals surface area contributed by atoms with Crippen LogP contribution in [0.15, 0.2) is 12.2 Å². The van der Waals surface area contributed by atoms with Gasteiger partial charge in [0.15, 0.2) is 8.32 Å². The molecule has 1 heterocycles. The second kappa shape index (κ2) is 10.8. The molecule has 2 rings (SSSR count). The third kappa shape index (κ3) is 7.65. The van der Waals surface area contributed by atoms with Crippen LogP contribution in [0.5, 0.6) is 0 Å². The fourth-order valence-electron chi connectivity index (χ4n) is 5.39. The molecular formula is C29H55NO5Si. The summed E-state index contributed by atoms with van der Waals surface area (Å²) in [4.78, 5) is 19.7. The van der Waals surface area contributed by atoms with E-state index in [-0.39, 0.29) is 40.2 Å². The highest BCUT2D eigenvalue weighted by Gasteiger charge is 2.51. The number of ether oxygens (including phenoxy) is 1. The molecule has 2 aliphatic rings. The number of aliphatic hydroxyl groups excluding tert-OH is 1. The van der Waals surface area contributed by atoms with Gasteiger partial charge in [-0.1, -0.05) is 32.9 Å². The number of aliphatic hydroxyl groups is 1. The molecule has 0 spiro atoms. The summed E-state index contributed by atoms with van der Waals surface area (Å²) in [7, 11) is -2.12. The maximum atomic E-state index is 13.2. The van der Waals surface area contributed by atoms with Gasteiger partial charge in [0.25, 0.3) is 0 Å². The van der Waals surface area contributed by atoms with Crippen molar-refractivity contribution in [2.24, 2.45) is 11.8 Å². The maximum absolute atomic E-state index is 13.2. The smallest absolute Gasteiger partial charge is 0.312 e. The summed E-state index contributed by atoms with van der Waals surface area (Å²) >= 11 is 0. The van der Waals surface area contributed by atoms with Crippen molar-refractivity contribution in [3.63, 3.8) is 0 Å². The molecule has 0 amide bonds. The van der Waals surface area contributed by atoms with E-state index in [2.05, 4.69) is 66.6 Å². The highest BCUT2D eigenvalue weighted by molar-refractivity contribution is 6.74. The number of rotatable bonds is 7. The van der Waals surface area contributed by atoms with Crippen LogP contribution in [0.4, 0.5) is 0 Å². The normalized spacial score (nSPS) is 30.5. The fraction of sp³-hybridized carbons (Fsp3) is 0.897. The molecule has 0 bridgehead atoms. The van der Waals surface area contributed by atoms with Crippen molar-refractivity contribution in [2.45, 2.75) is 155 Å². The first-order chi connectivity index (χ1) is 16.1. The van der Waals surface area contributed by atoms with Gasteiger partial charge in [0.2, 0.25) is 0 Å². The van der Waals surface area contributed by atoms with Gasteiger partial charge in [0.1, 0.15) is 5.60 Å². The van der Waals surface area contributed by atoms with Crippen molar-refractivity contribution in [3.05, 3.63) is 12.2 Å². The van der Waals surface area contributed by atoms with Crippen LogP contribution in [0.3, 0.4) is 0 Å². The molecule has 210 valence electrons. The molecule has 5 atom stereocenters. The van der Waals surface area contributed by atoms with Crippen molar-refractivity contribution in [1.82, 2.24) is 5.06 Å². The average molecular weight is 526 g/mol. The van der Waals surface area contributed by atoms with E-state index in [0.717, 1.165) is 12.8 Å². The van der Waals surface area contributed by atoms with Crippen LogP contribution in [0.2, 0.25) is 18.1 Å². The summed E-state index contributed by atoms with van der Waals surface area (Å²) in [5, 5.41) is 13.2. The first kappa shape index (κ1) is 31.5. The molecule has 7 heteroatoms. The van der Waals surface area contributed by atoms with Crippen LogP contribution in [0.1, 0.15) is 102 Å². The number of hydrogen-bond acceptors (Lipinski definition) is 6. The molecular weight excluding hydrogens is 470 g/mol. The van der Waals surface area contributed by atoms with E-state index in [1.165, 1.54) is 6.42 Å². The van der Waals surface area contributed by atoms with Gasteiger partial charge >= 0.3 is 5.97 Å². The van der Waals surface area contributed by atoms with Gasteiger partial charge in [-0.3, -0.25) is 9.63 Å². The first-order valence-corrected chi connectivity index (χ1v) is 16.7. The zero-order valence-electron chi connectivity index (χ0n) is 25.4. The molecule has 1 saturated carbocycles. The largest absolute Gasteiger partial charge is 0.460 e. The molecule has 1 aliphatic heterocycles. The lowest BCUT2D eigenvalue weighted by Gasteiger charge is -2.52. The Morgan fingerprint density at radius 2 is 1.58 bits per heavy atom. The highest BCUT2D eigenvalue weighted by Crippen LogP contribution is 2.44. The summed E-state index contributed by atoms with van der Waals surface area (Å²) in [5.41, 5.74) is -0.730. The SMILES string of the molecule is C[C@@H](/C=C/[C@H]1[C@H](C(=O)OC(C)(C)C)[C@@H](O)C[C@@H]1O[Si](C)(C)C(C)(C)C)ON1C(C)(C)CCCC1(C)C. The minimum atomic E-state index is -2.12. The van der Waals surface area contributed by atoms with E-state index in [4.69, 9.17) is 14.0 Å². The van der Waals surface area contributed by atoms with Gasteiger partial charge in [-0.05, 0) is 99.2 Å². The quantitative estimate of drug-likeness (QED) is 0.228. The summed E-state index contributed by atoms with van der Waals surface area (Å²) in [5.74, 6) is -1.31. The molecule has 1 aliphatic carbocycles. The molecule has 6 nitrogen and oxygen atoms in total. The zero-order valence-corrected chi connectivity index (χ0v) is 26.4. The van der Waals surface area contributed by atoms with Crippen LogP contribution in [-0.4, -0.2) is 59.4 Å². The Kier molecular flexibility index (Phi) is 9.44. The highest BCUT2D eigenvalue weighted by atomic mass is 28.4. The Balaban J connectivity index is 2.31. The van der Waals surface area contributed by atoms with Crippen LogP contribution < -0.4 is 0 Å². The number of carbonyl (C=O) groups is 1. The predicted octanol–water partition coefficient (Wildman–Crippen LogP) is 6.63. The third-order valence-electron chi connectivity index (χ3n) is 8.22. The monoisotopic (exact) mass is 525 g/mol. The Morgan fingerprint density at radius 1 is 1.06 bits per heavy atom. The lowest BCUT2D eigenvalue weighted by molar-refractivity contribution is -0.293. The summed E-state index contributed by atoms with van der Waals surface area (Å²) in [6.07, 6.45) is 6.62. The Labute approximate surface area is 222 Å². The number of carbonyl (C=O) groups excluding carboxylic acids is 1. The van der Waals surface area contributed by atoms with Gasteiger partial charge in [-0.25, -0.2) is 0 Å². The standard InChI is InChI=1S/C29H55NO5Si/c1-20(34-30-28(8,9)17-14-18-29(30,10)11)15-16-21-23(35-36(12,13)27(5,6)7)19-22(31)24(21)25(32)33-26(2,3)4/h15-16,20-24,31H,14,17-19H2,1-13H3/b16-15+/t20-,21+,22-,23-,24-/m0/s1. The molecule has 1 saturated heterocycles. The average Bonchev–Trinajstić information content (AvgIpc) is 2.94. The number of hydrogen-bond donors (Lipinski definition) is 1. The van der Waals surface area contributed by atoms with Crippen molar-refractivity contribution >= 4 is 14.3 Å². The predicted molar refractivity (Wildman–Crippen MR) is 149 cm³/mol. The van der Waals surface area contributed by atoms with Crippen molar-refractivity contribution in [2.75, 3.05) is 0 Å². The Morgan fingerprint density at radius 3 is 2.06 bits per heavy atom. The van der Waals surface area contributed by atoms with Gasteiger partial charge in [0.05, 0.1) is 24.2 Å². The number of piperidine rings is 1. The molecule has 0 aromatic heterocycles. The van der Waals surface area contributed by atoms with Gasteiger partial charge in [0, 0.05) is 17.0 Å². The molecule has 1 N–H and O–H groups in total. The second-order valence-corrected chi connectivity index (χ2v) is 19.6. The molecule has 0 unspecified atom stereocenters. The van der Waals surface area contributed by atoms with Gasteiger partial charge in [-0.15, -0.1) is 0 Å². The Bertz CT molecular complexity index is 776. The zero-order chi connectivity index (χ0) is 27.9. The molecule has 36 heavy (non-hydrogen) atoms. The minimum Gasteiger partial charge on any atom is -0.460 e. The summed E-state index contributed by atoms with van der Waals surface area (Å²) in [6.45, 7) is 27.6. The van der Waals surface area contributed by atoms with E-state index in [0.29, 0.717) is 6.42 Å². The van der Waals surface area contributed by atoms with E-state index >= 15 is 0 Å². The topological polar surface area (TPSA) is 68.2 Å². The van der Waals surface area contributed by atoms with E-state index in [9.17, 15) is 9.90 Å². The fourth-order valence-corrected chi connectivity index (χ4v) is 6.75. The molecule has 0 aromatic rings. The maximum Gasteiger partial charge on any atom is 0.312 e. The first-order valence-electron chi connectivity index (χ1n) is 13.8. The summed E-state index contributed by atoms with van der Waals surface area (Å²) < 4.78 is 12.5. The van der Waals surface area contributed by atoms with Crippen LogP contribution >= 0.6 is 0 Å². The third-order valence-corrected chi connectivity index (χ3v) is 12.7. The van der Waals surface area contributed by atoms with E-state index < -0.39 is 25.9 Å². The molecule has 2 fully saturated rings. The van der Waals surface area contributed by atoms with Crippen LogP contribution in [-0.2, 0) is 18.8 Å². The summed E-state index contributed by atoms with van der Waals surface area (Å²) in [6, 6.07) is 0. The molecule has 0 radical (unpaired) electrons. The lowest BCUT2D eigenvalue weighted by Crippen LogP contribution is -2.59.